The number of hydrogen-bond donors (Lipinski definition) is 3. The minimum Gasteiger partial charge on any atom is -0.389 e. The summed E-state index contributed by atoms with van der Waals surface area (Å²) in [6.45, 7) is 3.53. The molecule has 178 valence electrons. The summed E-state index contributed by atoms with van der Waals surface area (Å²) in [6, 6.07) is 5.47. The highest BCUT2D eigenvalue weighted by molar-refractivity contribution is 6.32. The Bertz CT molecular complexity index is 1130. The quantitative estimate of drug-likeness (QED) is 0.474. The zero-order valence-corrected chi connectivity index (χ0v) is 19.2. The first-order chi connectivity index (χ1) is 15.6. The first kappa shape index (κ1) is 23.4. The molecule has 0 unspecified atom stereocenters. The van der Waals surface area contributed by atoms with Crippen molar-refractivity contribution in [1.29, 1.82) is 0 Å². The summed E-state index contributed by atoms with van der Waals surface area (Å²) < 4.78 is 29.1. The van der Waals surface area contributed by atoms with Gasteiger partial charge >= 0.3 is 0 Å². The SMILES string of the molecule is CC(C)(O)Cn1cc(C(=O)N[C@H]2CC[C@@H](Nc3cccc4nc(C(F)F)cn34)CC2)c(Cl)n1. The van der Waals surface area contributed by atoms with E-state index in [1.165, 1.54) is 10.9 Å². The number of carbonyl (C=O) groups is 1. The van der Waals surface area contributed by atoms with Gasteiger partial charge in [0.2, 0.25) is 0 Å². The third-order valence-electron chi connectivity index (χ3n) is 5.66. The van der Waals surface area contributed by atoms with E-state index < -0.39 is 12.0 Å². The van der Waals surface area contributed by atoms with Crippen LogP contribution in [0.15, 0.2) is 30.6 Å². The lowest BCUT2D eigenvalue weighted by Gasteiger charge is -2.30. The second-order valence-electron chi connectivity index (χ2n) is 9.12. The molecule has 1 fully saturated rings. The van der Waals surface area contributed by atoms with Crippen LogP contribution in [0.4, 0.5) is 14.6 Å². The average molecular weight is 481 g/mol. The van der Waals surface area contributed by atoms with Crippen molar-refractivity contribution < 1.29 is 18.7 Å². The first-order valence-corrected chi connectivity index (χ1v) is 11.3. The third-order valence-corrected chi connectivity index (χ3v) is 5.94. The molecule has 33 heavy (non-hydrogen) atoms. The number of aliphatic hydroxyl groups is 1. The molecule has 0 bridgehead atoms. The predicted octanol–water partition coefficient (Wildman–Crippen LogP) is 4.05. The van der Waals surface area contributed by atoms with E-state index in [1.807, 2.05) is 6.07 Å². The van der Waals surface area contributed by atoms with E-state index in [1.54, 1.807) is 36.6 Å². The number of fused-ring (bicyclic) bond motifs is 1. The molecule has 1 saturated carbocycles. The van der Waals surface area contributed by atoms with Gasteiger partial charge in [0.15, 0.2) is 5.15 Å². The van der Waals surface area contributed by atoms with E-state index in [-0.39, 0.29) is 40.9 Å². The Balaban J connectivity index is 1.33. The van der Waals surface area contributed by atoms with Crippen LogP contribution in [0.25, 0.3) is 5.65 Å². The number of anilines is 1. The fraction of sp³-hybridized carbons (Fsp3) is 0.500. The minimum absolute atomic E-state index is 0.00118. The van der Waals surface area contributed by atoms with Crippen LogP contribution in [-0.4, -0.2) is 47.9 Å². The van der Waals surface area contributed by atoms with Crippen molar-refractivity contribution in [1.82, 2.24) is 24.5 Å². The molecule has 0 atom stereocenters. The highest BCUT2D eigenvalue weighted by Gasteiger charge is 2.26. The largest absolute Gasteiger partial charge is 0.389 e. The van der Waals surface area contributed by atoms with Crippen LogP contribution in [-0.2, 0) is 6.54 Å². The molecule has 3 N–H and O–H groups in total. The second kappa shape index (κ2) is 9.26. The van der Waals surface area contributed by atoms with Gasteiger partial charge < -0.3 is 15.7 Å². The number of imidazole rings is 1. The summed E-state index contributed by atoms with van der Waals surface area (Å²) in [4.78, 5) is 16.7. The zero-order valence-electron chi connectivity index (χ0n) is 18.4. The van der Waals surface area contributed by atoms with Crippen molar-refractivity contribution in [3.63, 3.8) is 0 Å². The number of nitrogens with one attached hydrogen (secondary N) is 2. The molecule has 8 nitrogen and oxygen atoms in total. The minimum atomic E-state index is -2.62. The molecule has 0 aliphatic heterocycles. The van der Waals surface area contributed by atoms with Crippen molar-refractivity contribution in [2.45, 2.75) is 70.2 Å². The molecule has 0 aromatic carbocycles. The van der Waals surface area contributed by atoms with Crippen molar-refractivity contribution in [2.24, 2.45) is 0 Å². The molecule has 0 radical (unpaired) electrons. The Morgan fingerprint density at radius 2 is 1.94 bits per heavy atom. The molecule has 4 rings (SSSR count). The highest BCUT2D eigenvalue weighted by atomic mass is 35.5. The van der Waals surface area contributed by atoms with Crippen LogP contribution in [0.3, 0.4) is 0 Å². The number of rotatable bonds is 7. The van der Waals surface area contributed by atoms with E-state index in [2.05, 4.69) is 20.7 Å². The molecule has 1 amide bonds. The summed E-state index contributed by atoms with van der Waals surface area (Å²) >= 11 is 6.13. The summed E-state index contributed by atoms with van der Waals surface area (Å²) in [6.07, 6.45) is 3.43. The number of pyridine rings is 1. The number of alkyl halides is 2. The third kappa shape index (κ3) is 5.62. The maximum Gasteiger partial charge on any atom is 0.281 e. The van der Waals surface area contributed by atoms with Crippen LogP contribution in [0.2, 0.25) is 5.15 Å². The van der Waals surface area contributed by atoms with Crippen molar-refractivity contribution in [3.05, 3.63) is 47.0 Å². The number of halogens is 3. The Morgan fingerprint density at radius 3 is 2.61 bits per heavy atom. The van der Waals surface area contributed by atoms with E-state index >= 15 is 0 Å². The van der Waals surface area contributed by atoms with E-state index in [9.17, 15) is 18.7 Å². The molecule has 3 aromatic rings. The summed E-state index contributed by atoms with van der Waals surface area (Å²) in [7, 11) is 0. The average Bonchev–Trinajstić information content (AvgIpc) is 3.32. The van der Waals surface area contributed by atoms with E-state index in [0.29, 0.717) is 11.5 Å². The molecular formula is C22H27ClF2N6O2. The fourth-order valence-electron chi connectivity index (χ4n) is 4.13. The summed E-state index contributed by atoms with van der Waals surface area (Å²) in [5, 5.41) is 20.6. The zero-order chi connectivity index (χ0) is 23.8. The molecule has 0 saturated heterocycles. The van der Waals surface area contributed by atoms with Gasteiger partial charge in [-0.3, -0.25) is 13.9 Å². The van der Waals surface area contributed by atoms with Gasteiger partial charge in [-0.25, -0.2) is 13.8 Å². The van der Waals surface area contributed by atoms with Crippen LogP contribution in [0.1, 0.15) is 62.0 Å². The van der Waals surface area contributed by atoms with Crippen molar-refractivity contribution >= 4 is 29.0 Å². The van der Waals surface area contributed by atoms with Crippen LogP contribution >= 0.6 is 11.6 Å². The Hall–Kier alpha value is -2.72. The normalized spacial score (nSPS) is 19.2. The summed E-state index contributed by atoms with van der Waals surface area (Å²) in [5.41, 5.74) is -0.474. The van der Waals surface area contributed by atoms with Crippen LogP contribution in [0, 0.1) is 0 Å². The van der Waals surface area contributed by atoms with Gasteiger partial charge in [0.1, 0.15) is 17.2 Å². The maximum absolute atomic E-state index is 13.0. The Kier molecular flexibility index (Phi) is 6.58. The smallest absolute Gasteiger partial charge is 0.281 e. The number of hydrogen-bond acceptors (Lipinski definition) is 5. The predicted molar refractivity (Wildman–Crippen MR) is 121 cm³/mol. The van der Waals surface area contributed by atoms with E-state index in [4.69, 9.17) is 11.6 Å². The van der Waals surface area contributed by atoms with Gasteiger partial charge in [0.05, 0.1) is 17.7 Å². The highest BCUT2D eigenvalue weighted by Crippen LogP contribution is 2.26. The molecule has 11 heteroatoms. The molecule has 3 aromatic heterocycles. The standard InChI is InChI=1S/C22H27ClF2N6O2/c1-22(2,33)12-30-10-15(19(23)29-30)21(32)27-14-8-6-13(7-9-14)26-17-4-3-5-18-28-16(20(24)25)11-31(17)18/h3-5,10-11,13-14,20,26,33H,6-9,12H2,1-2H3,(H,27,32)/t13-,14+. The van der Waals surface area contributed by atoms with Gasteiger partial charge in [-0.2, -0.15) is 5.10 Å². The molecule has 0 spiro atoms. The lowest BCUT2D eigenvalue weighted by molar-refractivity contribution is 0.0576. The van der Waals surface area contributed by atoms with Gasteiger partial charge in [0.25, 0.3) is 12.3 Å². The molecular weight excluding hydrogens is 454 g/mol. The first-order valence-electron chi connectivity index (χ1n) is 10.9. The maximum atomic E-state index is 13.0. The van der Waals surface area contributed by atoms with Crippen LogP contribution in [0.5, 0.6) is 0 Å². The van der Waals surface area contributed by atoms with Crippen molar-refractivity contribution in [2.75, 3.05) is 5.32 Å². The second-order valence-corrected chi connectivity index (χ2v) is 9.47. The molecule has 3 heterocycles. The topological polar surface area (TPSA) is 96.5 Å². The lowest BCUT2D eigenvalue weighted by Crippen LogP contribution is -2.40. The molecule has 1 aliphatic carbocycles. The lowest BCUT2D eigenvalue weighted by atomic mass is 9.91. The number of carbonyl (C=O) groups excluding carboxylic acids is 1. The number of aromatic nitrogens is 4. The Morgan fingerprint density at radius 1 is 1.24 bits per heavy atom. The Labute approximate surface area is 194 Å². The van der Waals surface area contributed by atoms with Gasteiger partial charge in [-0.1, -0.05) is 17.7 Å². The van der Waals surface area contributed by atoms with Gasteiger partial charge in [-0.15, -0.1) is 0 Å². The fourth-order valence-corrected chi connectivity index (χ4v) is 4.37. The van der Waals surface area contributed by atoms with Crippen molar-refractivity contribution in [3.8, 4) is 0 Å². The van der Waals surface area contributed by atoms with E-state index in [0.717, 1.165) is 25.7 Å². The molecule has 1 aliphatic rings. The van der Waals surface area contributed by atoms with Gasteiger partial charge in [0, 0.05) is 24.5 Å². The number of amides is 1. The monoisotopic (exact) mass is 480 g/mol. The van der Waals surface area contributed by atoms with Crippen LogP contribution < -0.4 is 10.6 Å². The summed E-state index contributed by atoms with van der Waals surface area (Å²) in [5.74, 6) is 0.423. The number of nitrogens with zero attached hydrogens (tertiary/aromatic N) is 4. The van der Waals surface area contributed by atoms with Gasteiger partial charge in [-0.05, 0) is 51.7 Å².